The second-order valence-corrected chi connectivity index (χ2v) is 7.68. The summed E-state index contributed by atoms with van der Waals surface area (Å²) in [7, 11) is 0. The van der Waals surface area contributed by atoms with Crippen molar-refractivity contribution in [2.45, 2.75) is 6.42 Å². The number of carbonyl (C=O) groups excluding carboxylic acids is 2. The first kappa shape index (κ1) is 20.1. The molecular formula is C22H19BrN2O5. The average molecular weight is 471 g/mol. The largest absolute Gasteiger partial charge is 0.481 e. The van der Waals surface area contributed by atoms with Gasteiger partial charge in [0.2, 0.25) is 18.6 Å². The summed E-state index contributed by atoms with van der Waals surface area (Å²) in [6, 6.07) is 12.8. The van der Waals surface area contributed by atoms with Gasteiger partial charge in [0, 0.05) is 29.2 Å². The van der Waals surface area contributed by atoms with Crippen LogP contribution in [0, 0.1) is 17.8 Å². The first-order chi connectivity index (χ1) is 14.6. The second-order valence-electron chi connectivity index (χ2n) is 6.76. The number of anilines is 1. The number of hydrogen-bond acceptors (Lipinski definition) is 5. The lowest BCUT2D eigenvalue weighted by atomic mass is 10.1. The van der Waals surface area contributed by atoms with E-state index < -0.39 is 0 Å². The van der Waals surface area contributed by atoms with E-state index in [4.69, 9.17) is 14.2 Å². The molecule has 8 heteroatoms. The third-order valence-corrected chi connectivity index (χ3v) is 5.24. The topological polar surface area (TPSA) is 77.1 Å². The molecule has 30 heavy (non-hydrogen) atoms. The van der Waals surface area contributed by atoms with E-state index in [1.54, 1.807) is 23.1 Å². The van der Waals surface area contributed by atoms with Crippen LogP contribution in [-0.2, 0) is 9.59 Å². The van der Waals surface area contributed by atoms with Gasteiger partial charge in [-0.3, -0.25) is 9.59 Å². The fourth-order valence-corrected chi connectivity index (χ4v) is 3.64. The molecule has 0 aliphatic carbocycles. The first-order valence-electron chi connectivity index (χ1n) is 9.42. The number of rotatable bonds is 5. The highest BCUT2D eigenvalue weighted by Gasteiger charge is 2.34. The SMILES string of the molecule is O=C(NCC#CCOc1ccc2c(c1)OCO2)C1CC(=O)N(c2cccc(Br)c2)C1. The van der Waals surface area contributed by atoms with Gasteiger partial charge < -0.3 is 24.4 Å². The van der Waals surface area contributed by atoms with Crippen LogP contribution in [0.2, 0.25) is 0 Å². The summed E-state index contributed by atoms with van der Waals surface area (Å²) in [4.78, 5) is 26.3. The van der Waals surface area contributed by atoms with Gasteiger partial charge in [-0.2, -0.15) is 0 Å². The number of carbonyl (C=O) groups is 2. The summed E-state index contributed by atoms with van der Waals surface area (Å²) in [6.45, 7) is 0.965. The molecule has 2 amide bonds. The molecule has 2 heterocycles. The summed E-state index contributed by atoms with van der Waals surface area (Å²) < 4.78 is 17.0. The lowest BCUT2D eigenvalue weighted by Gasteiger charge is -2.16. The number of hydrogen-bond donors (Lipinski definition) is 1. The minimum Gasteiger partial charge on any atom is -0.481 e. The van der Waals surface area contributed by atoms with Gasteiger partial charge in [-0.15, -0.1) is 0 Å². The minimum atomic E-state index is -0.386. The Balaban J connectivity index is 1.21. The maximum atomic E-state index is 12.4. The molecule has 2 aliphatic rings. The number of amides is 2. The zero-order chi connectivity index (χ0) is 20.9. The number of halogens is 1. The van der Waals surface area contributed by atoms with Gasteiger partial charge >= 0.3 is 0 Å². The van der Waals surface area contributed by atoms with Crippen molar-refractivity contribution < 1.29 is 23.8 Å². The lowest BCUT2D eigenvalue weighted by molar-refractivity contribution is -0.126. The molecule has 154 valence electrons. The highest BCUT2D eigenvalue weighted by molar-refractivity contribution is 9.10. The van der Waals surface area contributed by atoms with Crippen molar-refractivity contribution in [1.82, 2.24) is 5.32 Å². The van der Waals surface area contributed by atoms with E-state index in [1.807, 2.05) is 24.3 Å². The van der Waals surface area contributed by atoms with Crippen LogP contribution in [0.4, 0.5) is 5.69 Å². The van der Waals surface area contributed by atoms with Gasteiger partial charge in [-0.25, -0.2) is 0 Å². The molecule has 1 fully saturated rings. The Bertz CT molecular complexity index is 1030. The number of ether oxygens (including phenoxy) is 3. The van der Waals surface area contributed by atoms with E-state index in [1.165, 1.54) is 0 Å². The molecule has 1 unspecified atom stereocenters. The molecule has 2 aliphatic heterocycles. The standard InChI is InChI=1S/C22H19BrN2O5/c23-16-4-3-5-17(11-16)25-13-15(10-21(25)26)22(27)24-8-1-2-9-28-18-6-7-19-20(12-18)30-14-29-19/h3-7,11-12,15H,8-10,13-14H2,(H,24,27). The Morgan fingerprint density at radius 3 is 2.93 bits per heavy atom. The molecule has 2 aromatic carbocycles. The summed E-state index contributed by atoms with van der Waals surface area (Å²) in [6.07, 6.45) is 0.193. The van der Waals surface area contributed by atoms with Crippen molar-refractivity contribution in [3.8, 4) is 29.1 Å². The molecule has 7 nitrogen and oxygen atoms in total. The highest BCUT2D eigenvalue weighted by Crippen LogP contribution is 2.35. The van der Waals surface area contributed by atoms with Gasteiger partial charge in [0.05, 0.1) is 12.5 Å². The van der Waals surface area contributed by atoms with Gasteiger partial charge in [-0.05, 0) is 30.3 Å². The van der Waals surface area contributed by atoms with Crippen LogP contribution < -0.4 is 24.4 Å². The van der Waals surface area contributed by atoms with Crippen LogP contribution in [0.1, 0.15) is 6.42 Å². The van der Waals surface area contributed by atoms with E-state index >= 15 is 0 Å². The molecule has 4 rings (SSSR count). The predicted octanol–water partition coefficient (Wildman–Crippen LogP) is 2.73. The number of nitrogens with zero attached hydrogens (tertiary/aromatic N) is 1. The lowest BCUT2D eigenvalue weighted by Crippen LogP contribution is -2.33. The van der Waals surface area contributed by atoms with E-state index in [-0.39, 0.29) is 44.1 Å². The van der Waals surface area contributed by atoms with Crippen molar-refractivity contribution in [3.63, 3.8) is 0 Å². The Hall–Kier alpha value is -3.18. The summed E-state index contributed by atoms with van der Waals surface area (Å²) in [5.41, 5.74) is 0.783. The van der Waals surface area contributed by atoms with Gasteiger partial charge in [0.1, 0.15) is 12.4 Å². The third-order valence-electron chi connectivity index (χ3n) is 4.75. The summed E-state index contributed by atoms with van der Waals surface area (Å²) >= 11 is 3.40. The quantitative estimate of drug-likeness (QED) is 0.679. The maximum absolute atomic E-state index is 12.4. The average Bonchev–Trinajstić information content (AvgIpc) is 3.36. The molecule has 0 saturated carbocycles. The van der Waals surface area contributed by atoms with E-state index in [2.05, 4.69) is 33.1 Å². The molecular weight excluding hydrogens is 452 g/mol. The van der Waals surface area contributed by atoms with Crippen LogP contribution in [0.25, 0.3) is 0 Å². The van der Waals surface area contributed by atoms with Crippen LogP contribution in [0.5, 0.6) is 17.2 Å². The molecule has 1 N–H and O–H groups in total. The fourth-order valence-electron chi connectivity index (χ4n) is 3.25. The van der Waals surface area contributed by atoms with Crippen LogP contribution in [-0.4, -0.2) is 38.3 Å². The van der Waals surface area contributed by atoms with E-state index in [0.717, 1.165) is 10.2 Å². The zero-order valence-electron chi connectivity index (χ0n) is 16.0. The van der Waals surface area contributed by atoms with Crippen molar-refractivity contribution >= 4 is 33.4 Å². The van der Waals surface area contributed by atoms with Crippen molar-refractivity contribution in [1.29, 1.82) is 0 Å². The number of benzene rings is 2. The second kappa shape index (κ2) is 9.09. The summed E-state index contributed by atoms with van der Waals surface area (Å²) in [5, 5.41) is 2.77. The fraction of sp³-hybridized carbons (Fsp3) is 0.273. The maximum Gasteiger partial charge on any atom is 0.231 e. The van der Waals surface area contributed by atoms with Crippen molar-refractivity contribution in [2.75, 3.05) is 31.4 Å². The third kappa shape index (κ3) is 4.69. The molecule has 0 radical (unpaired) electrons. The molecule has 0 bridgehead atoms. The van der Waals surface area contributed by atoms with Gasteiger partial charge in [0.25, 0.3) is 0 Å². The highest BCUT2D eigenvalue weighted by atomic mass is 79.9. The number of nitrogens with one attached hydrogen (secondary N) is 1. The minimum absolute atomic E-state index is 0.0588. The molecule has 2 aromatic rings. The van der Waals surface area contributed by atoms with Gasteiger partial charge in [0.15, 0.2) is 11.5 Å². The Morgan fingerprint density at radius 1 is 1.20 bits per heavy atom. The Kier molecular flexibility index (Phi) is 6.10. The van der Waals surface area contributed by atoms with Gasteiger partial charge in [-0.1, -0.05) is 33.8 Å². The zero-order valence-corrected chi connectivity index (χ0v) is 17.6. The van der Waals surface area contributed by atoms with Crippen LogP contribution >= 0.6 is 15.9 Å². The monoisotopic (exact) mass is 470 g/mol. The first-order valence-corrected chi connectivity index (χ1v) is 10.2. The summed E-state index contributed by atoms with van der Waals surface area (Å²) in [5.74, 6) is 7.07. The number of fused-ring (bicyclic) bond motifs is 1. The smallest absolute Gasteiger partial charge is 0.231 e. The molecule has 1 atom stereocenters. The molecule has 0 spiro atoms. The van der Waals surface area contributed by atoms with Crippen molar-refractivity contribution in [2.24, 2.45) is 5.92 Å². The Morgan fingerprint density at radius 2 is 2.07 bits per heavy atom. The van der Waals surface area contributed by atoms with E-state index in [0.29, 0.717) is 23.8 Å². The molecule has 1 saturated heterocycles. The normalized spacial score (nSPS) is 16.8. The van der Waals surface area contributed by atoms with Crippen molar-refractivity contribution in [3.05, 3.63) is 46.9 Å². The van der Waals surface area contributed by atoms with Crippen LogP contribution in [0.15, 0.2) is 46.9 Å². The molecule has 0 aromatic heterocycles. The predicted molar refractivity (Wildman–Crippen MR) is 113 cm³/mol. The van der Waals surface area contributed by atoms with E-state index in [9.17, 15) is 9.59 Å². The van der Waals surface area contributed by atoms with Crippen LogP contribution in [0.3, 0.4) is 0 Å². The Labute approximate surface area is 182 Å².